The monoisotopic (exact) mass is 220 g/mol. The molecule has 0 aliphatic rings. The van der Waals surface area contributed by atoms with E-state index < -0.39 is 5.82 Å². The highest BCUT2D eigenvalue weighted by molar-refractivity contribution is 6.31. The van der Waals surface area contributed by atoms with E-state index in [1.165, 1.54) is 12.3 Å². The van der Waals surface area contributed by atoms with Gasteiger partial charge in [-0.25, -0.2) is 4.39 Å². The molecule has 0 saturated heterocycles. The van der Waals surface area contributed by atoms with Crippen molar-refractivity contribution in [3.8, 4) is 6.07 Å². The van der Waals surface area contributed by atoms with Gasteiger partial charge in [-0.1, -0.05) is 11.6 Å². The van der Waals surface area contributed by atoms with Crippen molar-refractivity contribution in [2.24, 2.45) is 0 Å². The molecule has 2 aromatic rings. The third kappa shape index (κ3) is 1.90. The summed E-state index contributed by atoms with van der Waals surface area (Å²) in [5.74, 6) is -0.422. The number of benzene rings is 1. The maximum atomic E-state index is 13.5. The summed E-state index contributed by atoms with van der Waals surface area (Å²) < 4.78 is 13.5. The van der Waals surface area contributed by atoms with Gasteiger partial charge in [0, 0.05) is 11.6 Å². The van der Waals surface area contributed by atoms with Crippen LogP contribution in [0.25, 0.3) is 10.9 Å². The van der Waals surface area contributed by atoms with E-state index in [2.05, 4.69) is 4.98 Å². The lowest BCUT2D eigenvalue weighted by Crippen LogP contribution is -1.89. The number of pyridine rings is 1. The van der Waals surface area contributed by atoms with E-state index >= 15 is 0 Å². The van der Waals surface area contributed by atoms with Crippen molar-refractivity contribution in [2.75, 3.05) is 0 Å². The number of fused-ring (bicyclic) bond motifs is 1. The minimum atomic E-state index is -0.422. The zero-order valence-corrected chi connectivity index (χ0v) is 8.42. The number of aromatic nitrogens is 1. The second-order valence-electron chi connectivity index (χ2n) is 3.14. The highest BCUT2D eigenvalue weighted by Gasteiger charge is 2.05. The van der Waals surface area contributed by atoms with Crippen LogP contribution in [0.4, 0.5) is 4.39 Å². The average Bonchev–Trinajstić information content (AvgIpc) is 2.17. The molecule has 1 heterocycles. The van der Waals surface area contributed by atoms with Crippen molar-refractivity contribution < 1.29 is 4.39 Å². The van der Waals surface area contributed by atoms with E-state index in [0.29, 0.717) is 16.0 Å². The Bertz CT molecular complexity index is 560. The minimum absolute atomic E-state index is 0.180. The zero-order chi connectivity index (χ0) is 10.8. The Morgan fingerprint density at radius 2 is 2.20 bits per heavy atom. The van der Waals surface area contributed by atoms with Gasteiger partial charge in [-0.3, -0.25) is 4.98 Å². The highest BCUT2D eigenvalue weighted by Crippen LogP contribution is 2.21. The molecule has 0 amide bonds. The molecule has 1 aromatic heterocycles. The molecule has 0 unspecified atom stereocenters. The topological polar surface area (TPSA) is 36.7 Å². The predicted octanol–water partition coefficient (Wildman–Crippen LogP) is 3.09. The summed E-state index contributed by atoms with van der Waals surface area (Å²) in [6.07, 6.45) is 1.58. The number of hydrogen-bond donors (Lipinski definition) is 0. The van der Waals surface area contributed by atoms with Gasteiger partial charge in [-0.15, -0.1) is 0 Å². The van der Waals surface area contributed by atoms with E-state index in [0.717, 1.165) is 0 Å². The Hall–Kier alpha value is -1.66. The third-order valence-corrected chi connectivity index (χ3v) is 2.25. The summed E-state index contributed by atoms with van der Waals surface area (Å²) in [5, 5.41) is 9.60. The Kier molecular flexibility index (Phi) is 2.53. The van der Waals surface area contributed by atoms with Crippen LogP contribution < -0.4 is 0 Å². The zero-order valence-electron chi connectivity index (χ0n) is 7.67. The first kappa shape index (κ1) is 9.88. The van der Waals surface area contributed by atoms with Gasteiger partial charge in [0.1, 0.15) is 11.3 Å². The lowest BCUT2D eigenvalue weighted by atomic mass is 10.1. The molecular formula is C11H6ClFN2. The van der Waals surface area contributed by atoms with Gasteiger partial charge in [-0.05, 0) is 23.8 Å². The van der Waals surface area contributed by atoms with Crippen LogP contribution in [-0.2, 0) is 6.42 Å². The fraction of sp³-hybridized carbons (Fsp3) is 0.0909. The van der Waals surface area contributed by atoms with Crippen molar-refractivity contribution >= 4 is 22.5 Å². The van der Waals surface area contributed by atoms with Gasteiger partial charge in [0.05, 0.1) is 17.5 Å². The lowest BCUT2D eigenvalue weighted by molar-refractivity contribution is 0.635. The standard InChI is InChI=1S/C11H6ClFN2/c12-9-5-8-3-7(1-2-14)4-10(13)11(8)15-6-9/h3-6H,1H2. The molecule has 1 aromatic carbocycles. The molecule has 0 atom stereocenters. The van der Waals surface area contributed by atoms with Crippen LogP contribution in [0.5, 0.6) is 0 Å². The van der Waals surface area contributed by atoms with E-state index in [4.69, 9.17) is 16.9 Å². The molecule has 0 saturated carbocycles. The fourth-order valence-corrected chi connectivity index (χ4v) is 1.60. The maximum Gasteiger partial charge on any atom is 0.149 e. The second kappa shape index (κ2) is 3.84. The molecule has 0 fully saturated rings. The molecule has 0 bridgehead atoms. The van der Waals surface area contributed by atoms with Gasteiger partial charge < -0.3 is 0 Å². The molecule has 2 rings (SSSR count). The largest absolute Gasteiger partial charge is 0.252 e. The minimum Gasteiger partial charge on any atom is -0.252 e. The quantitative estimate of drug-likeness (QED) is 0.741. The van der Waals surface area contributed by atoms with Crippen LogP contribution in [0, 0.1) is 17.1 Å². The summed E-state index contributed by atoms with van der Waals surface area (Å²) in [5.41, 5.74) is 0.910. The molecule has 15 heavy (non-hydrogen) atoms. The van der Waals surface area contributed by atoms with Crippen molar-refractivity contribution in [1.29, 1.82) is 5.26 Å². The van der Waals surface area contributed by atoms with Gasteiger partial charge in [0.15, 0.2) is 0 Å². The molecule has 0 radical (unpaired) electrons. The van der Waals surface area contributed by atoms with Crippen LogP contribution in [0.3, 0.4) is 0 Å². The van der Waals surface area contributed by atoms with Gasteiger partial charge >= 0.3 is 0 Å². The predicted molar refractivity (Wildman–Crippen MR) is 56.0 cm³/mol. The molecule has 0 aliphatic carbocycles. The molecular weight excluding hydrogens is 215 g/mol. The number of nitriles is 1. The van der Waals surface area contributed by atoms with Gasteiger partial charge in [0.25, 0.3) is 0 Å². The number of rotatable bonds is 1. The van der Waals surface area contributed by atoms with Gasteiger partial charge in [0.2, 0.25) is 0 Å². The summed E-state index contributed by atoms with van der Waals surface area (Å²) in [7, 11) is 0. The highest BCUT2D eigenvalue weighted by atomic mass is 35.5. The number of halogens is 2. The van der Waals surface area contributed by atoms with E-state index in [9.17, 15) is 4.39 Å². The Morgan fingerprint density at radius 3 is 2.93 bits per heavy atom. The first-order valence-electron chi connectivity index (χ1n) is 4.31. The van der Waals surface area contributed by atoms with Crippen molar-refractivity contribution in [2.45, 2.75) is 6.42 Å². The van der Waals surface area contributed by atoms with Crippen LogP contribution in [0.15, 0.2) is 24.4 Å². The molecule has 4 heteroatoms. The van der Waals surface area contributed by atoms with Crippen molar-refractivity contribution in [3.05, 3.63) is 40.8 Å². The Labute approximate surface area is 90.9 Å². The van der Waals surface area contributed by atoms with Crippen LogP contribution >= 0.6 is 11.6 Å². The average molecular weight is 221 g/mol. The van der Waals surface area contributed by atoms with Crippen LogP contribution in [-0.4, -0.2) is 4.98 Å². The number of hydrogen-bond acceptors (Lipinski definition) is 2. The molecule has 74 valence electrons. The van der Waals surface area contributed by atoms with Gasteiger partial charge in [-0.2, -0.15) is 5.26 Å². The van der Waals surface area contributed by atoms with Crippen molar-refractivity contribution in [1.82, 2.24) is 4.98 Å². The summed E-state index contributed by atoms with van der Waals surface area (Å²) in [4.78, 5) is 3.89. The van der Waals surface area contributed by atoms with E-state index in [1.807, 2.05) is 6.07 Å². The Balaban J connectivity index is 2.69. The van der Waals surface area contributed by atoms with Crippen LogP contribution in [0.2, 0.25) is 5.02 Å². The molecule has 0 spiro atoms. The van der Waals surface area contributed by atoms with Crippen molar-refractivity contribution in [3.63, 3.8) is 0 Å². The first-order chi connectivity index (χ1) is 7.20. The SMILES string of the molecule is N#CCc1cc(F)c2ncc(Cl)cc2c1. The molecule has 0 aliphatic heterocycles. The van der Waals surface area contributed by atoms with E-state index in [1.54, 1.807) is 12.1 Å². The summed E-state index contributed by atoms with van der Waals surface area (Å²) in [6, 6.07) is 6.65. The lowest BCUT2D eigenvalue weighted by Gasteiger charge is -2.01. The summed E-state index contributed by atoms with van der Waals surface area (Å²) >= 11 is 5.75. The van der Waals surface area contributed by atoms with E-state index in [-0.39, 0.29) is 11.9 Å². The Morgan fingerprint density at radius 1 is 1.40 bits per heavy atom. The molecule has 0 N–H and O–H groups in total. The van der Waals surface area contributed by atoms with Crippen LogP contribution in [0.1, 0.15) is 5.56 Å². The maximum absolute atomic E-state index is 13.5. The third-order valence-electron chi connectivity index (χ3n) is 2.05. The normalized spacial score (nSPS) is 10.2. The smallest absolute Gasteiger partial charge is 0.149 e. The fourth-order valence-electron chi connectivity index (χ4n) is 1.43. The molecule has 2 nitrogen and oxygen atoms in total. The number of nitrogens with zero attached hydrogens (tertiary/aromatic N) is 2. The second-order valence-corrected chi connectivity index (χ2v) is 3.57. The first-order valence-corrected chi connectivity index (χ1v) is 4.69. The summed E-state index contributed by atoms with van der Waals surface area (Å²) in [6.45, 7) is 0.